The van der Waals surface area contributed by atoms with Gasteiger partial charge >= 0.3 is 0 Å². The molecule has 0 aliphatic carbocycles. The van der Waals surface area contributed by atoms with Crippen LogP contribution in [0.5, 0.6) is 0 Å². The summed E-state index contributed by atoms with van der Waals surface area (Å²) in [5.41, 5.74) is 9.60. The zero-order valence-electron chi connectivity index (χ0n) is 12.6. The molecule has 3 heteroatoms. The number of nitrogen functional groups attached to an aromatic ring is 1. The Kier molecular flexibility index (Phi) is 4.99. The van der Waals surface area contributed by atoms with Crippen LogP contribution in [-0.4, -0.2) is 5.91 Å². The lowest BCUT2D eigenvalue weighted by molar-refractivity contribution is -0.116. The van der Waals surface area contributed by atoms with Gasteiger partial charge in [-0.3, -0.25) is 4.79 Å². The molecule has 0 spiro atoms. The van der Waals surface area contributed by atoms with Crippen molar-refractivity contribution in [3.63, 3.8) is 0 Å². The standard InChI is InChI=1S/C18H22N2O/c1-13(2)15-4-3-5-17(12-15)20-18(21)11-8-14-6-9-16(19)10-7-14/h3-7,9-10,12-13H,8,11,19H2,1-2H3,(H,20,21). The van der Waals surface area contributed by atoms with Gasteiger partial charge in [0.25, 0.3) is 0 Å². The maximum absolute atomic E-state index is 12.0. The van der Waals surface area contributed by atoms with Gasteiger partial charge in [0.2, 0.25) is 5.91 Å². The first-order valence-electron chi connectivity index (χ1n) is 7.29. The van der Waals surface area contributed by atoms with E-state index < -0.39 is 0 Å². The summed E-state index contributed by atoms with van der Waals surface area (Å²) in [4.78, 5) is 12.0. The van der Waals surface area contributed by atoms with Gasteiger partial charge in [0, 0.05) is 17.8 Å². The largest absolute Gasteiger partial charge is 0.399 e. The molecule has 0 bridgehead atoms. The fourth-order valence-corrected chi connectivity index (χ4v) is 2.14. The highest BCUT2D eigenvalue weighted by Gasteiger charge is 2.05. The lowest BCUT2D eigenvalue weighted by Crippen LogP contribution is -2.12. The van der Waals surface area contributed by atoms with Crippen molar-refractivity contribution >= 4 is 17.3 Å². The monoisotopic (exact) mass is 282 g/mol. The molecule has 110 valence electrons. The number of carbonyl (C=O) groups excluding carboxylic acids is 1. The van der Waals surface area contributed by atoms with Crippen LogP contribution in [0, 0.1) is 0 Å². The van der Waals surface area contributed by atoms with E-state index in [0.717, 1.165) is 23.4 Å². The lowest BCUT2D eigenvalue weighted by Gasteiger charge is -2.09. The predicted molar refractivity (Wildman–Crippen MR) is 88.3 cm³/mol. The number of hydrogen-bond acceptors (Lipinski definition) is 2. The second-order valence-electron chi connectivity index (χ2n) is 5.57. The Bertz CT molecular complexity index is 603. The van der Waals surface area contributed by atoms with Crippen LogP contribution in [0.1, 0.15) is 37.3 Å². The highest BCUT2D eigenvalue weighted by atomic mass is 16.1. The van der Waals surface area contributed by atoms with Gasteiger partial charge in [-0.1, -0.05) is 38.1 Å². The molecule has 2 aromatic rings. The van der Waals surface area contributed by atoms with Crippen molar-refractivity contribution in [2.24, 2.45) is 0 Å². The first kappa shape index (κ1) is 15.1. The summed E-state index contributed by atoms with van der Waals surface area (Å²) in [6.07, 6.45) is 1.19. The smallest absolute Gasteiger partial charge is 0.224 e. The van der Waals surface area contributed by atoms with Gasteiger partial charge in [-0.2, -0.15) is 0 Å². The summed E-state index contributed by atoms with van der Waals surface area (Å²) in [6.45, 7) is 4.28. The molecule has 0 aliphatic rings. The predicted octanol–water partition coefficient (Wildman–Crippen LogP) is 3.96. The third kappa shape index (κ3) is 4.63. The molecular formula is C18H22N2O. The molecule has 0 aromatic heterocycles. The average molecular weight is 282 g/mol. The number of aryl methyl sites for hydroxylation is 1. The Hall–Kier alpha value is -2.29. The number of nitrogens with one attached hydrogen (secondary N) is 1. The molecular weight excluding hydrogens is 260 g/mol. The third-order valence-corrected chi connectivity index (χ3v) is 3.46. The highest BCUT2D eigenvalue weighted by Crippen LogP contribution is 2.18. The van der Waals surface area contributed by atoms with Crippen LogP contribution in [-0.2, 0) is 11.2 Å². The van der Waals surface area contributed by atoms with Gasteiger partial charge in [-0.25, -0.2) is 0 Å². The van der Waals surface area contributed by atoms with E-state index in [1.54, 1.807) is 0 Å². The second-order valence-corrected chi connectivity index (χ2v) is 5.57. The van der Waals surface area contributed by atoms with Gasteiger partial charge in [0.1, 0.15) is 0 Å². The maximum Gasteiger partial charge on any atom is 0.224 e. The fourth-order valence-electron chi connectivity index (χ4n) is 2.14. The quantitative estimate of drug-likeness (QED) is 0.815. The minimum Gasteiger partial charge on any atom is -0.399 e. The molecule has 0 atom stereocenters. The summed E-state index contributed by atoms with van der Waals surface area (Å²) in [5.74, 6) is 0.490. The number of carbonyl (C=O) groups is 1. The minimum absolute atomic E-state index is 0.0349. The molecule has 2 rings (SSSR count). The van der Waals surface area contributed by atoms with E-state index in [2.05, 4.69) is 25.2 Å². The summed E-state index contributed by atoms with van der Waals surface area (Å²) >= 11 is 0. The molecule has 0 saturated heterocycles. The maximum atomic E-state index is 12.0. The van der Waals surface area contributed by atoms with Crippen LogP contribution in [0.25, 0.3) is 0 Å². The first-order chi connectivity index (χ1) is 10.0. The summed E-state index contributed by atoms with van der Waals surface area (Å²) < 4.78 is 0. The van der Waals surface area contributed by atoms with Gasteiger partial charge in [-0.05, 0) is 47.7 Å². The Labute approximate surface area is 126 Å². The number of amides is 1. The molecule has 21 heavy (non-hydrogen) atoms. The Balaban J connectivity index is 1.89. The van der Waals surface area contributed by atoms with Crippen molar-refractivity contribution < 1.29 is 4.79 Å². The van der Waals surface area contributed by atoms with Crippen molar-refractivity contribution in [2.45, 2.75) is 32.6 Å². The number of hydrogen-bond donors (Lipinski definition) is 2. The average Bonchev–Trinajstić information content (AvgIpc) is 2.47. The van der Waals surface area contributed by atoms with Gasteiger partial charge in [-0.15, -0.1) is 0 Å². The SMILES string of the molecule is CC(C)c1cccc(NC(=O)CCc2ccc(N)cc2)c1. The molecule has 2 aromatic carbocycles. The van der Waals surface area contributed by atoms with Crippen molar-refractivity contribution in [3.05, 3.63) is 59.7 Å². The molecule has 3 nitrogen and oxygen atoms in total. The third-order valence-electron chi connectivity index (χ3n) is 3.46. The van der Waals surface area contributed by atoms with Gasteiger partial charge in [0.05, 0.1) is 0 Å². The Morgan fingerprint density at radius 1 is 1.14 bits per heavy atom. The number of anilines is 2. The second kappa shape index (κ2) is 6.93. The molecule has 0 fully saturated rings. The highest BCUT2D eigenvalue weighted by molar-refractivity contribution is 5.90. The van der Waals surface area contributed by atoms with Crippen molar-refractivity contribution in [1.29, 1.82) is 0 Å². The van der Waals surface area contributed by atoms with E-state index in [1.165, 1.54) is 5.56 Å². The molecule has 0 heterocycles. The zero-order valence-corrected chi connectivity index (χ0v) is 12.6. The first-order valence-corrected chi connectivity index (χ1v) is 7.29. The van der Waals surface area contributed by atoms with E-state index in [4.69, 9.17) is 5.73 Å². The van der Waals surface area contributed by atoms with Crippen molar-refractivity contribution in [2.75, 3.05) is 11.1 Å². The summed E-state index contributed by atoms with van der Waals surface area (Å²) in [6, 6.07) is 15.7. The lowest BCUT2D eigenvalue weighted by atomic mass is 10.0. The van der Waals surface area contributed by atoms with Crippen LogP contribution < -0.4 is 11.1 Å². The van der Waals surface area contributed by atoms with E-state index in [1.807, 2.05) is 42.5 Å². The van der Waals surface area contributed by atoms with Crippen LogP contribution >= 0.6 is 0 Å². The van der Waals surface area contributed by atoms with E-state index >= 15 is 0 Å². The molecule has 3 N–H and O–H groups in total. The van der Waals surface area contributed by atoms with Crippen LogP contribution in [0.3, 0.4) is 0 Å². The van der Waals surface area contributed by atoms with Crippen LogP contribution in [0.15, 0.2) is 48.5 Å². The fraction of sp³-hybridized carbons (Fsp3) is 0.278. The van der Waals surface area contributed by atoms with Gasteiger partial charge < -0.3 is 11.1 Å². The molecule has 0 aliphatic heterocycles. The van der Waals surface area contributed by atoms with Crippen LogP contribution in [0.2, 0.25) is 0 Å². The number of benzene rings is 2. The normalized spacial score (nSPS) is 10.6. The molecule has 0 saturated carbocycles. The Morgan fingerprint density at radius 3 is 2.52 bits per heavy atom. The van der Waals surface area contributed by atoms with Crippen molar-refractivity contribution in [1.82, 2.24) is 0 Å². The summed E-state index contributed by atoms with van der Waals surface area (Å²) in [5, 5.41) is 2.96. The Morgan fingerprint density at radius 2 is 1.86 bits per heavy atom. The molecule has 1 amide bonds. The topological polar surface area (TPSA) is 55.1 Å². The summed E-state index contributed by atoms with van der Waals surface area (Å²) in [7, 11) is 0. The number of rotatable bonds is 5. The number of nitrogens with two attached hydrogens (primary N) is 1. The van der Waals surface area contributed by atoms with Crippen LogP contribution in [0.4, 0.5) is 11.4 Å². The zero-order chi connectivity index (χ0) is 15.2. The van der Waals surface area contributed by atoms with Gasteiger partial charge in [0.15, 0.2) is 0 Å². The van der Waals surface area contributed by atoms with E-state index in [-0.39, 0.29) is 5.91 Å². The van der Waals surface area contributed by atoms with Crippen molar-refractivity contribution in [3.8, 4) is 0 Å². The molecule has 0 unspecified atom stereocenters. The minimum atomic E-state index is 0.0349. The van der Waals surface area contributed by atoms with E-state index in [9.17, 15) is 4.79 Å². The molecule has 0 radical (unpaired) electrons. The van der Waals surface area contributed by atoms with E-state index in [0.29, 0.717) is 12.3 Å².